The largest absolute Gasteiger partial charge is 0.391 e. The number of rotatable bonds is 2. The summed E-state index contributed by atoms with van der Waals surface area (Å²) in [7, 11) is 0. The van der Waals surface area contributed by atoms with Gasteiger partial charge in [-0.25, -0.2) is 0 Å². The van der Waals surface area contributed by atoms with Crippen molar-refractivity contribution in [1.82, 2.24) is 0 Å². The van der Waals surface area contributed by atoms with Gasteiger partial charge in [0.2, 0.25) is 0 Å². The van der Waals surface area contributed by atoms with Gasteiger partial charge in [-0.2, -0.15) is 0 Å². The van der Waals surface area contributed by atoms with Gasteiger partial charge in [-0.3, -0.25) is 0 Å². The van der Waals surface area contributed by atoms with Crippen molar-refractivity contribution >= 4 is 23.1 Å². The summed E-state index contributed by atoms with van der Waals surface area (Å²) in [5.74, 6) is 0. The maximum absolute atomic E-state index is 8.77. The van der Waals surface area contributed by atoms with Crippen molar-refractivity contribution in [3.05, 3.63) is 16.5 Å². The predicted molar refractivity (Wildman–Crippen MR) is 46.8 cm³/mol. The molecular weight excluding hydrogens is 164 g/mol. The zero-order valence-electron chi connectivity index (χ0n) is 6.05. The van der Waals surface area contributed by atoms with Crippen LogP contribution in [0.2, 0.25) is 0 Å². The predicted octanol–water partition coefficient (Wildman–Crippen LogP) is 2.27. The third-order valence-electron chi connectivity index (χ3n) is 1.26. The van der Waals surface area contributed by atoms with Crippen LogP contribution in [0, 0.1) is 6.92 Å². The first kappa shape index (κ1) is 8.11. The lowest BCUT2D eigenvalue weighted by Crippen LogP contribution is -1.70. The van der Waals surface area contributed by atoms with Gasteiger partial charge in [0, 0.05) is 4.88 Å². The average molecular weight is 174 g/mol. The quantitative estimate of drug-likeness (QED) is 0.694. The first-order valence-electron chi connectivity index (χ1n) is 3.02. The Bertz CT molecular complexity index is 217. The molecule has 0 aliphatic carbocycles. The minimum absolute atomic E-state index is 0.173. The molecule has 1 nitrogen and oxygen atoms in total. The molecule has 0 radical (unpaired) electrons. The second kappa shape index (κ2) is 3.42. The van der Waals surface area contributed by atoms with E-state index in [1.807, 2.05) is 6.07 Å². The summed E-state index contributed by atoms with van der Waals surface area (Å²) in [5, 5.41) is 8.77. The number of aryl methyl sites for hydroxylation is 1. The molecule has 0 unspecified atom stereocenters. The van der Waals surface area contributed by atoms with Crippen LogP contribution < -0.4 is 0 Å². The molecule has 0 saturated heterocycles. The lowest BCUT2D eigenvalue weighted by Gasteiger charge is -1.87. The van der Waals surface area contributed by atoms with Crippen LogP contribution in [0.5, 0.6) is 0 Å². The van der Waals surface area contributed by atoms with Crippen molar-refractivity contribution in [2.24, 2.45) is 0 Å². The first-order valence-corrected chi connectivity index (χ1v) is 5.06. The third kappa shape index (κ3) is 1.54. The highest BCUT2D eigenvalue weighted by Crippen LogP contribution is 2.29. The SMILES string of the molecule is CSc1sc(CO)cc1C. The molecule has 0 atom stereocenters. The van der Waals surface area contributed by atoms with Gasteiger partial charge in [-0.05, 0) is 24.8 Å². The molecule has 3 heteroatoms. The second-order valence-corrected chi connectivity index (χ2v) is 4.26. The fourth-order valence-electron chi connectivity index (χ4n) is 0.810. The Balaban J connectivity index is 2.92. The van der Waals surface area contributed by atoms with E-state index in [-0.39, 0.29) is 6.61 Å². The molecule has 1 aromatic heterocycles. The normalized spacial score (nSPS) is 10.3. The zero-order valence-corrected chi connectivity index (χ0v) is 7.68. The Morgan fingerprint density at radius 2 is 2.40 bits per heavy atom. The summed E-state index contributed by atoms with van der Waals surface area (Å²) < 4.78 is 1.31. The minimum Gasteiger partial charge on any atom is -0.391 e. The number of hydrogen-bond acceptors (Lipinski definition) is 3. The van der Waals surface area contributed by atoms with Gasteiger partial charge in [0.1, 0.15) is 0 Å². The van der Waals surface area contributed by atoms with E-state index in [1.54, 1.807) is 23.1 Å². The molecule has 0 saturated carbocycles. The highest BCUT2D eigenvalue weighted by Gasteiger charge is 2.01. The molecule has 10 heavy (non-hydrogen) atoms. The van der Waals surface area contributed by atoms with Crippen molar-refractivity contribution in [3.63, 3.8) is 0 Å². The lowest BCUT2D eigenvalue weighted by molar-refractivity contribution is 0.285. The van der Waals surface area contributed by atoms with E-state index < -0.39 is 0 Å². The fraction of sp³-hybridized carbons (Fsp3) is 0.429. The van der Waals surface area contributed by atoms with Crippen LogP contribution in [-0.2, 0) is 6.61 Å². The van der Waals surface area contributed by atoms with Crippen LogP contribution >= 0.6 is 23.1 Å². The van der Waals surface area contributed by atoms with Gasteiger partial charge in [0.05, 0.1) is 10.8 Å². The van der Waals surface area contributed by atoms with Gasteiger partial charge in [0.25, 0.3) is 0 Å². The smallest absolute Gasteiger partial charge is 0.0774 e. The summed E-state index contributed by atoms with van der Waals surface area (Å²) in [6, 6.07) is 2.04. The number of thiophene rings is 1. The van der Waals surface area contributed by atoms with Crippen molar-refractivity contribution < 1.29 is 5.11 Å². The number of aliphatic hydroxyl groups excluding tert-OH is 1. The fourth-order valence-corrected chi connectivity index (χ4v) is 2.60. The van der Waals surface area contributed by atoms with Crippen LogP contribution in [0.4, 0.5) is 0 Å². The maximum Gasteiger partial charge on any atom is 0.0774 e. The van der Waals surface area contributed by atoms with Gasteiger partial charge in [-0.1, -0.05) is 0 Å². The van der Waals surface area contributed by atoms with Crippen LogP contribution in [0.3, 0.4) is 0 Å². The van der Waals surface area contributed by atoms with Crippen molar-refractivity contribution in [3.8, 4) is 0 Å². The molecule has 1 rings (SSSR count). The third-order valence-corrected chi connectivity index (χ3v) is 3.72. The molecule has 1 aromatic rings. The first-order chi connectivity index (χ1) is 4.77. The molecule has 0 bridgehead atoms. The van der Waals surface area contributed by atoms with E-state index in [9.17, 15) is 0 Å². The van der Waals surface area contributed by atoms with E-state index >= 15 is 0 Å². The van der Waals surface area contributed by atoms with Crippen LogP contribution in [-0.4, -0.2) is 11.4 Å². The molecule has 0 aliphatic rings. The molecule has 1 heterocycles. The molecule has 0 spiro atoms. The molecule has 0 aliphatic heterocycles. The van der Waals surface area contributed by atoms with Gasteiger partial charge in [0.15, 0.2) is 0 Å². The van der Waals surface area contributed by atoms with Gasteiger partial charge < -0.3 is 5.11 Å². The van der Waals surface area contributed by atoms with Crippen LogP contribution in [0.25, 0.3) is 0 Å². The van der Waals surface area contributed by atoms with E-state index in [4.69, 9.17) is 5.11 Å². The standard InChI is InChI=1S/C7H10OS2/c1-5-3-6(4-8)10-7(5)9-2/h3,8H,4H2,1-2H3. The van der Waals surface area contributed by atoms with E-state index in [1.165, 1.54) is 9.77 Å². The van der Waals surface area contributed by atoms with E-state index in [0.717, 1.165) is 4.88 Å². The molecule has 1 N–H and O–H groups in total. The summed E-state index contributed by atoms with van der Waals surface area (Å²) in [6.07, 6.45) is 2.06. The minimum atomic E-state index is 0.173. The Kier molecular flexibility index (Phi) is 2.77. The topological polar surface area (TPSA) is 20.2 Å². The van der Waals surface area contributed by atoms with Crippen molar-refractivity contribution in [2.75, 3.05) is 6.26 Å². The van der Waals surface area contributed by atoms with Crippen LogP contribution in [0.1, 0.15) is 10.4 Å². The maximum atomic E-state index is 8.77. The Hall–Kier alpha value is 0.01000. The number of thioether (sulfide) groups is 1. The Morgan fingerprint density at radius 3 is 2.70 bits per heavy atom. The summed E-state index contributed by atoms with van der Waals surface area (Å²) in [4.78, 5) is 1.06. The molecule has 0 amide bonds. The summed E-state index contributed by atoms with van der Waals surface area (Å²) in [6.45, 7) is 2.24. The number of aliphatic hydroxyl groups is 1. The zero-order chi connectivity index (χ0) is 7.56. The van der Waals surface area contributed by atoms with Crippen molar-refractivity contribution in [2.45, 2.75) is 17.7 Å². The summed E-state index contributed by atoms with van der Waals surface area (Å²) >= 11 is 3.41. The molecule has 0 fully saturated rings. The lowest BCUT2D eigenvalue weighted by atomic mass is 10.3. The Labute approximate surface area is 69.1 Å². The molecular formula is C7H10OS2. The summed E-state index contributed by atoms with van der Waals surface area (Å²) in [5.41, 5.74) is 1.28. The van der Waals surface area contributed by atoms with Gasteiger partial charge >= 0.3 is 0 Å². The highest BCUT2D eigenvalue weighted by molar-refractivity contribution is 8.00. The second-order valence-electron chi connectivity index (χ2n) is 2.05. The molecule has 0 aromatic carbocycles. The molecule has 56 valence electrons. The van der Waals surface area contributed by atoms with Gasteiger partial charge in [-0.15, -0.1) is 23.1 Å². The Morgan fingerprint density at radius 1 is 1.70 bits per heavy atom. The monoisotopic (exact) mass is 174 g/mol. The van der Waals surface area contributed by atoms with Crippen LogP contribution in [0.15, 0.2) is 10.3 Å². The number of hydrogen-bond donors (Lipinski definition) is 1. The van der Waals surface area contributed by atoms with E-state index in [0.29, 0.717) is 0 Å². The average Bonchev–Trinajstić information content (AvgIpc) is 2.30. The van der Waals surface area contributed by atoms with E-state index in [2.05, 4.69) is 13.2 Å². The highest BCUT2D eigenvalue weighted by atomic mass is 32.2. The van der Waals surface area contributed by atoms with Crippen molar-refractivity contribution in [1.29, 1.82) is 0 Å².